The fraction of sp³-hybridized carbons (Fsp3) is 0.238. The topological polar surface area (TPSA) is 76.3 Å². The number of piperidine rings is 1. The van der Waals surface area contributed by atoms with E-state index in [2.05, 4.69) is 9.88 Å². The summed E-state index contributed by atoms with van der Waals surface area (Å²) < 4.78 is 0. The summed E-state index contributed by atoms with van der Waals surface area (Å²) in [6.45, 7) is 1.49. The minimum absolute atomic E-state index is 0.000492. The molecule has 0 bridgehead atoms. The van der Waals surface area contributed by atoms with Gasteiger partial charge in [-0.05, 0) is 55.3 Å². The summed E-state index contributed by atoms with van der Waals surface area (Å²) in [5.41, 5.74) is 1.49. The van der Waals surface area contributed by atoms with Gasteiger partial charge in [-0.15, -0.1) is 0 Å². The number of carbonyl (C=O) groups excluding carboxylic acids is 1. The highest BCUT2D eigenvalue weighted by atomic mass is 35.5. The predicted molar refractivity (Wildman–Crippen MR) is 109 cm³/mol. The van der Waals surface area contributed by atoms with E-state index in [1.807, 2.05) is 12.1 Å². The van der Waals surface area contributed by atoms with Crippen LogP contribution < -0.4 is 4.90 Å². The van der Waals surface area contributed by atoms with Crippen molar-refractivity contribution in [2.75, 3.05) is 18.0 Å². The summed E-state index contributed by atoms with van der Waals surface area (Å²) in [5, 5.41) is 12.3. The van der Waals surface area contributed by atoms with Crippen LogP contribution in [0.5, 0.6) is 0 Å². The van der Waals surface area contributed by atoms with Gasteiger partial charge >= 0.3 is 0 Å². The zero-order valence-electron chi connectivity index (χ0n) is 15.0. The lowest BCUT2D eigenvalue weighted by Crippen LogP contribution is -2.36. The Morgan fingerprint density at radius 3 is 2.46 bits per heavy atom. The number of aromatic nitrogens is 1. The number of rotatable bonds is 4. The van der Waals surface area contributed by atoms with Crippen LogP contribution >= 0.6 is 11.6 Å². The molecule has 0 unspecified atom stereocenters. The molecule has 0 N–H and O–H groups in total. The number of carbonyl (C=O) groups is 1. The predicted octanol–water partition coefficient (Wildman–Crippen LogP) is 4.90. The van der Waals surface area contributed by atoms with E-state index in [-0.39, 0.29) is 17.4 Å². The lowest BCUT2D eigenvalue weighted by atomic mass is 9.89. The van der Waals surface area contributed by atoms with E-state index in [0.29, 0.717) is 10.6 Å². The molecule has 1 fully saturated rings. The molecule has 4 rings (SSSR count). The lowest BCUT2D eigenvalue weighted by Gasteiger charge is -2.32. The summed E-state index contributed by atoms with van der Waals surface area (Å²) in [7, 11) is 0. The zero-order valence-corrected chi connectivity index (χ0v) is 15.8. The van der Waals surface area contributed by atoms with Gasteiger partial charge in [-0.1, -0.05) is 11.6 Å². The molecule has 0 saturated carbocycles. The van der Waals surface area contributed by atoms with E-state index >= 15 is 0 Å². The fourth-order valence-electron chi connectivity index (χ4n) is 3.61. The molecule has 0 aliphatic carbocycles. The van der Waals surface area contributed by atoms with Crippen molar-refractivity contribution in [3.8, 4) is 0 Å². The monoisotopic (exact) mass is 395 g/mol. The first kappa shape index (κ1) is 18.4. The van der Waals surface area contributed by atoms with E-state index in [0.717, 1.165) is 42.7 Å². The van der Waals surface area contributed by atoms with Crippen molar-refractivity contribution in [3.63, 3.8) is 0 Å². The van der Waals surface area contributed by atoms with Gasteiger partial charge in [0.05, 0.1) is 10.4 Å². The average Bonchev–Trinajstić information content (AvgIpc) is 2.73. The Hall–Kier alpha value is -2.99. The van der Waals surface area contributed by atoms with Gasteiger partial charge in [0.15, 0.2) is 5.78 Å². The van der Waals surface area contributed by atoms with Gasteiger partial charge in [-0.25, -0.2) is 4.98 Å². The Labute approximate surface area is 166 Å². The summed E-state index contributed by atoms with van der Waals surface area (Å²) in [6, 6.07) is 15.5. The SMILES string of the molecule is O=C(c1ccc(Cl)cc1)C1CCN(c2ccc3cc([N+](=O)[O-])ccc3n2)CC1. The molecule has 28 heavy (non-hydrogen) atoms. The standard InChI is InChI=1S/C21H18ClN3O3/c22-17-4-1-14(2-5-17)21(26)15-9-11-24(12-10-15)20-8-3-16-13-18(25(27)28)6-7-19(16)23-20/h1-8,13,15H,9-12H2. The molecule has 6 nitrogen and oxygen atoms in total. The largest absolute Gasteiger partial charge is 0.357 e. The van der Waals surface area contributed by atoms with Crippen LogP contribution in [0.15, 0.2) is 54.6 Å². The zero-order chi connectivity index (χ0) is 19.7. The highest BCUT2D eigenvalue weighted by molar-refractivity contribution is 6.30. The smallest absolute Gasteiger partial charge is 0.270 e. The molecule has 3 aromatic rings. The number of anilines is 1. The second-order valence-electron chi connectivity index (χ2n) is 6.94. The van der Waals surface area contributed by atoms with Crippen molar-refractivity contribution in [2.24, 2.45) is 5.92 Å². The van der Waals surface area contributed by atoms with Crippen molar-refractivity contribution in [2.45, 2.75) is 12.8 Å². The molecule has 1 saturated heterocycles. The molecular weight excluding hydrogens is 378 g/mol. The Balaban J connectivity index is 1.46. The van der Waals surface area contributed by atoms with Crippen LogP contribution in [-0.2, 0) is 0 Å². The van der Waals surface area contributed by atoms with E-state index in [9.17, 15) is 14.9 Å². The summed E-state index contributed by atoms with van der Waals surface area (Å²) in [4.78, 5) is 30.0. The van der Waals surface area contributed by atoms with Gasteiger partial charge in [0.1, 0.15) is 5.82 Å². The third-order valence-electron chi connectivity index (χ3n) is 5.19. The van der Waals surface area contributed by atoms with Crippen LogP contribution in [-0.4, -0.2) is 28.8 Å². The van der Waals surface area contributed by atoms with E-state index in [1.54, 1.807) is 30.3 Å². The first-order valence-corrected chi connectivity index (χ1v) is 9.49. The van der Waals surface area contributed by atoms with E-state index < -0.39 is 4.92 Å². The summed E-state index contributed by atoms with van der Waals surface area (Å²) in [5.74, 6) is 0.995. The van der Waals surface area contributed by atoms with Gasteiger partial charge in [0, 0.05) is 47.1 Å². The Morgan fingerprint density at radius 2 is 1.79 bits per heavy atom. The molecular formula is C21H18ClN3O3. The normalized spacial score (nSPS) is 15.0. The number of pyridine rings is 1. The van der Waals surface area contributed by atoms with Gasteiger partial charge in [-0.2, -0.15) is 0 Å². The van der Waals surface area contributed by atoms with Crippen LogP contribution in [0.3, 0.4) is 0 Å². The minimum atomic E-state index is -0.407. The quantitative estimate of drug-likeness (QED) is 0.357. The maximum atomic E-state index is 12.7. The minimum Gasteiger partial charge on any atom is -0.357 e. The Bertz CT molecular complexity index is 1040. The Morgan fingerprint density at radius 1 is 1.07 bits per heavy atom. The molecule has 2 aromatic carbocycles. The molecule has 1 aromatic heterocycles. The number of fused-ring (bicyclic) bond motifs is 1. The molecule has 0 amide bonds. The van der Waals surface area contributed by atoms with Crippen LogP contribution in [0.25, 0.3) is 10.9 Å². The second-order valence-corrected chi connectivity index (χ2v) is 7.37. The summed E-state index contributed by atoms with van der Waals surface area (Å²) in [6.07, 6.45) is 1.53. The van der Waals surface area contributed by atoms with Gasteiger partial charge in [0.2, 0.25) is 0 Å². The third-order valence-corrected chi connectivity index (χ3v) is 5.44. The number of ketones is 1. The molecule has 0 spiro atoms. The lowest BCUT2D eigenvalue weighted by molar-refractivity contribution is -0.384. The highest BCUT2D eigenvalue weighted by Crippen LogP contribution is 2.27. The maximum absolute atomic E-state index is 12.7. The second kappa shape index (κ2) is 7.56. The average molecular weight is 396 g/mol. The number of benzene rings is 2. The molecule has 0 radical (unpaired) electrons. The van der Waals surface area contributed by atoms with Gasteiger partial charge in [0.25, 0.3) is 5.69 Å². The van der Waals surface area contributed by atoms with E-state index in [1.165, 1.54) is 12.1 Å². The molecule has 0 atom stereocenters. The van der Waals surface area contributed by atoms with Crippen molar-refractivity contribution >= 4 is 39.8 Å². The number of hydrogen-bond donors (Lipinski definition) is 0. The third kappa shape index (κ3) is 3.68. The fourth-order valence-corrected chi connectivity index (χ4v) is 3.74. The van der Waals surface area contributed by atoms with Crippen molar-refractivity contribution in [3.05, 3.63) is 75.3 Å². The first-order valence-electron chi connectivity index (χ1n) is 9.11. The van der Waals surface area contributed by atoms with E-state index in [4.69, 9.17) is 11.6 Å². The molecule has 2 heterocycles. The van der Waals surface area contributed by atoms with Crippen LogP contribution in [0, 0.1) is 16.0 Å². The molecule has 7 heteroatoms. The number of nitro groups is 1. The highest BCUT2D eigenvalue weighted by Gasteiger charge is 2.26. The van der Waals surface area contributed by atoms with Crippen molar-refractivity contribution in [1.82, 2.24) is 4.98 Å². The number of hydrogen-bond acceptors (Lipinski definition) is 5. The Kier molecular flexibility index (Phi) is 4.96. The van der Waals surface area contributed by atoms with Gasteiger partial charge < -0.3 is 4.90 Å². The number of halogens is 1. The molecule has 1 aliphatic heterocycles. The van der Waals surface area contributed by atoms with Gasteiger partial charge in [-0.3, -0.25) is 14.9 Å². The van der Waals surface area contributed by atoms with Crippen LogP contribution in [0.4, 0.5) is 11.5 Å². The van der Waals surface area contributed by atoms with Crippen LogP contribution in [0.2, 0.25) is 5.02 Å². The number of nitro benzene ring substituents is 1. The number of Topliss-reactive ketones (excluding diaryl/α,β-unsaturated/α-hetero) is 1. The van der Waals surface area contributed by atoms with Crippen LogP contribution in [0.1, 0.15) is 23.2 Å². The molecule has 1 aliphatic rings. The first-order chi connectivity index (χ1) is 13.5. The number of non-ortho nitro benzene ring substituents is 1. The maximum Gasteiger partial charge on any atom is 0.270 e. The van der Waals surface area contributed by atoms with Crippen molar-refractivity contribution in [1.29, 1.82) is 0 Å². The molecule has 142 valence electrons. The summed E-state index contributed by atoms with van der Waals surface area (Å²) >= 11 is 5.90. The van der Waals surface area contributed by atoms with Crippen molar-refractivity contribution < 1.29 is 9.72 Å². The number of nitrogens with zero attached hydrogens (tertiary/aromatic N) is 3.